The Morgan fingerprint density at radius 2 is 1.32 bits per heavy atom. The molecule has 0 heterocycles. The van der Waals surface area contributed by atoms with Gasteiger partial charge >= 0.3 is 0 Å². The molecule has 3 aromatic rings. The first-order chi connectivity index (χ1) is 16.4. The summed E-state index contributed by atoms with van der Waals surface area (Å²) in [5.74, 6) is 0.567. The van der Waals surface area contributed by atoms with Gasteiger partial charge in [-0.25, -0.2) is 0 Å². The number of aryl methyl sites for hydroxylation is 2. The number of methoxy groups -OCH3 is 1. The maximum absolute atomic E-state index is 13.0. The molecule has 0 radical (unpaired) electrons. The first-order valence-corrected chi connectivity index (χ1v) is 11.5. The Labute approximate surface area is 201 Å². The molecule has 0 bridgehead atoms. The standard InChI is InChI=1S/C28H32N2O4/c1-5-6-17-34-25-18-23(15-16-24(25)33-4)26(29-27(31)21-11-7-19(2)8-12-21)30-28(32)22-13-9-20(3)10-14-22/h7-16,18,26H,5-6,17H2,1-4H3,(H,29,31)(H,30,32). The highest BCUT2D eigenvalue weighted by Gasteiger charge is 2.21. The second-order valence-electron chi connectivity index (χ2n) is 8.22. The lowest BCUT2D eigenvalue weighted by atomic mass is 10.1. The molecule has 0 aliphatic carbocycles. The molecule has 0 fully saturated rings. The lowest BCUT2D eigenvalue weighted by molar-refractivity contribution is 0.0883. The number of unbranched alkanes of at least 4 members (excludes halogenated alkanes) is 1. The molecule has 3 aromatic carbocycles. The van der Waals surface area contributed by atoms with E-state index in [0.29, 0.717) is 34.8 Å². The Morgan fingerprint density at radius 1 is 0.794 bits per heavy atom. The van der Waals surface area contributed by atoms with E-state index in [1.165, 1.54) is 0 Å². The normalized spacial score (nSPS) is 10.6. The average Bonchev–Trinajstić information content (AvgIpc) is 2.84. The van der Waals surface area contributed by atoms with Crippen molar-refractivity contribution < 1.29 is 19.1 Å². The molecule has 2 N–H and O–H groups in total. The largest absolute Gasteiger partial charge is 0.493 e. The minimum atomic E-state index is -0.776. The van der Waals surface area contributed by atoms with Crippen molar-refractivity contribution in [1.29, 1.82) is 0 Å². The summed E-state index contributed by atoms with van der Waals surface area (Å²) in [6.07, 6.45) is 1.14. The summed E-state index contributed by atoms with van der Waals surface area (Å²) in [6.45, 7) is 6.56. The molecule has 6 heteroatoms. The number of nitrogens with one attached hydrogen (secondary N) is 2. The van der Waals surface area contributed by atoms with Gasteiger partial charge in [-0.3, -0.25) is 9.59 Å². The second-order valence-corrected chi connectivity index (χ2v) is 8.22. The monoisotopic (exact) mass is 460 g/mol. The van der Waals surface area contributed by atoms with Gasteiger partial charge in [-0.15, -0.1) is 0 Å². The summed E-state index contributed by atoms with van der Waals surface area (Å²) in [6, 6.07) is 19.9. The van der Waals surface area contributed by atoms with Crippen molar-refractivity contribution in [2.75, 3.05) is 13.7 Å². The van der Waals surface area contributed by atoms with E-state index in [-0.39, 0.29) is 11.8 Å². The number of amides is 2. The molecular weight excluding hydrogens is 428 g/mol. The van der Waals surface area contributed by atoms with Crippen LogP contribution in [-0.2, 0) is 0 Å². The molecule has 178 valence electrons. The van der Waals surface area contributed by atoms with Crippen molar-refractivity contribution in [3.63, 3.8) is 0 Å². The molecule has 0 aliphatic heterocycles. The average molecular weight is 461 g/mol. The van der Waals surface area contributed by atoms with Gasteiger partial charge < -0.3 is 20.1 Å². The van der Waals surface area contributed by atoms with Gasteiger partial charge in [0.1, 0.15) is 6.17 Å². The molecule has 0 saturated heterocycles. The van der Waals surface area contributed by atoms with Gasteiger partial charge in [0.2, 0.25) is 0 Å². The highest BCUT2D eigenvalue weighted by Crippen LogP contribution is 2.30. The lowest BCUT2D eigenvalue weighted by Crippen LogP contribution is -2.41. The molecule has 6 nitrogen and oxygen atoms in total. The smallest absolute Gasteiger partial charge is 0.253 e. The maximum Gasteiger partial charge on any atom is 0.253 e. The second kappa shape index (κ2) is 11.9. The zero-order valence-corrected chi connectivity index (χ0v) is 20.2. The van der Waals surface area contributed by atoms with Crippen molar-refractivity contribution in [2.45, 2.75) is 39.8 Å². The Bertz CT molecular complexity index is 1050. The fourth-order valence-corrected chi connectivity index (χ4v) is 3.35. The van der Waals surface area contributed by atoms with Crippen LogP contribution in [0.2, 0.25) is 0 Å². The van der Waals surface area contributed by atoms with Crippen LogP contribution in [-0.4, -0.2) is 25.5 Å². The molecule has 0 aromatic heterocycles. The number of benzene rings is 3. The summed E-state index contributed by atoms with van der Waals surface area (Å²) < 4.78 is 11.3. The molecular formula is C28H32N2O4. The van der Waals surface area contributed by atoms with E-state index in [9.17, 15) is 9.59 Å². The Morgan fingerprint density at radius 3 is 1.79 bits per heavy atom. The molecule has 0 saturated carbocycles. The SMILES string of the molecule is CCCCOc1cc(C(NC(=O)c2ccc(C)cc2)NC(=O)c2ccc(C)cc2)ccc1OC. The van der Waals surface area contributed by atoms with Gasteiger partial charge in [-0.05, 0) is 62.2 Å². The van der Waals surface area contributed by atoms with Gasteiger partial charge in [0.15, 0.2) is 11.5 Å². The van der Waals surface area contributed by atoms with E-state index in [4.69, 9.17) is 9.47 Å². The van der Waals surface area contributed by atoms with E-state index in [2.05, 4.69) is 17.6 Å². The lowest BCUT2D eigenvalue weighted by Gasteiger charge is -2.22. The van der Waals surface area contributed by atoms with Crippen LogP contribution >= 0.6 is 0 Å². The van der Waals surface area contributed by atoms with Crippen molar-refractivity contribution in [3.05, 3.63) is 94.5 Å². The summed E-state index contributed by atoms with van der Waals surface area (Å²) >= 11 is 0. The summed E-state index contributed by atoms with van der Waals surface area (Å²) in [4.78, 5) is 26.0. The van der Waals surface area contributed by atoms with E-state index in [1.807, 2.05) is 38.1 Å². The van der Waals surface area contributed by atoms with Gasteiger partial charge in [0, 0.05) is 11.1 Å². The van der Waals surface area contributed by atoms with Crippen LogP contribution < -0.4 is 20.1 Å². The molecule has 0 aliphatic rings. The van der Waals surface area contributed by atoms with E-state index in [1.54, 1.807) is 49.6 Å². The summed E-state index contributed by atoms with van der Waals surface area (Å²) in [7, 11) is 1.58. The number of rotatable bonds is 10. The Hall–Kier alpha value is -3.80. The first kappa shape index (κ1) is 24.8. The minimum Gasteiger partial charge on any atom is -0.493 e. The van der Waals surface area contributed by atoms with Gasteiger partial charge in [0.05, 0.1) is 13.7 Å². The third-order valence-corrected chi connectivity index (χ3v) is 5.45. The third-order valence-electron chi connectivity index (χ3n) is 5.45. The van der Waals surface area contributed by atoms with Gasteiger partial charge in [-0.1, -0.05) is 54.8 Å². The topological polar surface area (TPSA) is 76.7 Å². The van der Waals surface area contributed by atoms with Crippen LogP contribution in [0, 0.1) is 13.8 Å². The summed E-state index contributed by atoms with van der Waals surface area (Å²) in [5.41, 5.74) is 3.81. The van der Waals surface area contributed by atoms with Crippen LogP contribution in [0.5, 0.6) is 11.5 Å². The molecule has 34 heavy (non-hydrogen) atoms. The van der Waals surface area contributed by atoms with Crippen LogP contribution in [0.25, 0.3) is 0 Å². The molecule has 0 unspecified atom stereocenters. The van der Waals surface area contributed by atoms with Gasteiger partial charge in [-0.2, -0.15) is 0 Å². The Kier molecular flexibility index (Phi) is 8.68. The quantitative estimate of drug-likeness (QED) is 0.316. The number of carbonyl (C=O) groups excluding carboxylic acids is 2. The van der Waals surface area contributed by atoms with Gasteiger partial charge in [0.25, 0.3) is 11.8 Å². The van der Waals surface area contributed by atoms with Crippen molar-refractivity contribution >= 4 is 11.8 Å². The molecule has 3 rings (SSSR count). The zero-order valence-electron chi connectivity index (χ0n) is 20.2. The third kappa shape index (κ3) is 6.61. The molecule has 0 atom stereocenters. The predicted octanol–water partition coefficient (Wildman–Crippen LogP) is 5.35. The maximum atomic E-state index is 13.0. The minimum absolute atomic E-state index is 0.293. The number of carbonyl (C=O) groups is 2. The van der Waals surface area contributed by atoms with Crippen molar-refractivity contribution in [3.8, 4) is 11.5 Å². The van der Waals surface area contributed by atoms with Crippen LogP contribution in [0.4, 0.5) is 0 Å². The van der Waals surface area contributed by atoms with Crippen LogP contribution in [0.3, 0.4) is 0 Å². The summed E-state index contributed by atoms with van der Waals surface area (Å²) in [5, 5.41) is 5.89. The highest BCUT2D eigenvalue weighted by atomic mass is 16.5. The fourth-order valence-electron chi connectivity index (χ4n) is 3.35. The Balaban J connectivity index is 1.90. The molecule has 0 spiro atoms. The van der Waals surface area contributed by atoms with Crippen molar-refractivity contribution in [2.24, 2.45) is 0 Å². The van der Waals surface area contributed by atoms with Crippen LogP contribution in [0.15, 0.2) is 66.7 Å². The molecule has 2 amide bonds. The highest BCUT2D eigenvalue weighted by molar-refractivity contribution is 5.96. The predicted molar refractivity (Wildman–Crippen MR) is 133 cm³/mol. The first-order valence-electron chi connectivity index (χ1n) is 11.5. The number of hydrogen-bond donors (Lipinski definition) is 2. The van der Waals surface area contributed by atoms with Crippen LogP contribution in [0.1, 0.15) is 63.3 Å². The van der Waals surface area contributed by atoms with E-state index in [0.717, 1.165) is 24.0 Å². The number of hydrogen-bond acceptors (Lipinski definition) is 4. The zero-order chi connectivity index (χ0) is 24.5. The number of ether oxygens (including phenoxy) is 2. The fraction of sp³-hybridized carbons (Fsp3) is 0.286. The van der Waals surface area contributed by atoms with E-state index < -0.39 is 6.17 Å². The van der Waals surface area contributed by atoms with E-state index >= 15 is 0 Å². The van der Waals surface area contributed by atoms with Crippen molar-refractivity contribution in [1.82, 2.24) is 10.6 Å².